The maximum absolute atomic E-state index is 12.5. The number of nitriles is 1. The van der Waals surface area contributed by atoms with Crippen LogP contribution in [0.25, 0.3) is 0 Å². The van der Waals surface area contributed by atoms with Gasteiger partial charge in [-0.3, -0.25) is 4.79 Å². The Morgan fingerprint density at radius 1 is 1.33 bits per heavy atom. The van der Waals surface area contributed by atoms with E-state index in [1.54, 1.807) is 0 Å². The van der Waals surface area contributed by atoms with Crippen molar-refractivity contribution in [1.29, 1.82) is 5.26 Å². The van der Waals surface area contributed by atoms with Crippen LogP contribution in [0.4, 0.5) is 0 Å². The van der Waals surface area contributed by atoms with Crippen molar-refractivity contribution in [2.24, 2.45) is 11.3 Å². The van der Waals surface area contributed by atoms with Crippen molar-refractivity contribution in [3.8, 4) is 6.07 Å². The molecule has 1 N–H and O–H groups in total. The molecule has 0 radical (unpaired) electrons. The van der Waals surface area contributed by atoms with Gasteiger partial charge in [-0.25, -0.2) is 0 Å². The van der Waals surface area contributed by atoms with Gasteiger partial charge in [-0.05, 0) is 45.6 Å². The maximum Gasteiger partial charge on any atom is 0.240 e. The first-order chi connectivity index (χ1) is 10.1. The highest BCUT2D eigenvalue weighted by Crippen LogP contribution is 2.34. The van der Waals surface area contributed by atoms with Crippen LogP contribution in [0.1, 0.15) is 58.8 Å². The molecule has 4 heteroatoms. The number of nitrogens with zero attached hydrogens (tertiary/aromatic N) is 2. The molecule has 1 amide bonds. The fourth-order valence-corrected chi connectivity index (χ4v) is 3.63. The van der Waals surface area contributed by atoms with Crippen LogP contribution in [0.2, 0.25) is 0 Å². The van der Waals surface area contributed by atoms with Gasteiger partial charge in [0.15, 0.2) is 0 Å². The largest absolute Gasteiger partial charge is 0.354 e. The molecule has 2 fully saturated rings. The Morgan fingerprint density at radius 3 is 2.52 bits per heavy atom. The van der Waals surface area contributed by atoms with Crippen molar-refractivity contribution in [1.82, 2.24) is 10.2 Å². The fraction of sp³-hybridized carbons (Fsp3) is 0.882. The van der Waals surface area contributed by atoms with Crippen LogP contribution < -0.4 is 5.32 Å². The summed E-state index contributed by atoms with van der Waals surface area (Å²) in [7, 11) is 0. The highest BCUT2D eigenvalue weighted by molar-refractivity contribution is 5.85. The second-order valence-corrected chi connectivity index (χ2v) is 7.06. The van der Waals surface area contributed by atoms with E-state index in [-0.39, 0.29) is 5.91 Å². The second kappa shape index (κ2) is 7.26. The van der Waals surface area contributed by atoms with Crippen molar-refractivity contribution in [3.05, 3.63) is 0 Å². The van der Waals surface area contributed by atoms with Gasteiger partial charge < -0.3 is 10.2 Å². The van der Waals surface area contributed by atoms with Crippen molar-refractivity contribution in [3.63, 3.8) is 0 Å². The molecule has 0 aromatic carbocycles. The van der Waals surface area contributed by atoms with Gasteiger partial charge in [0.1, 0.15) is 5.41 Å². The normalized spacial score (nSPS) is 26.3. The standard InChI is InChI=1S/C17H29N3O/c1-14(2)20-10-7-15(12-20)11-19-16(21)17(13-18)8-5-3-4-6-9-17/h14-15H,3-12H2,1-2H3,(H,19,21). The minimum Gasteiger partial charge on any atom is -0.354 e. The van der Waals surface area contributed by atoms with Crippen molar-refractivity contribution < 1.29 is 4.79 Å². The smallest absolute Gasteiger partial charge is 0.240 e. The van der Waals surface area contributed by atoms with Gasteiger partial charge in [0.25, 0.3) is 0 Å². The maximum atomic E-state index is 12.5. The van der Waals surface area contributed by atoms with Gasteiger partial charge >= 0.3 is 0 Å². The Bertz CT molecular complexity index is 391. The minimum absolute atomic E-state index is 0.0186. The van der Waals surface area contributed by atoms with E-state index in [2.05, 4.69) is 30.1 Å². The van der Waals surface area contributed by atoms with E-state index in [0.29, 0.717) is 12.0 Å². The third kappa shape index (κ3) is 3.97. The van der Waals surface area contributed by atoms with Gasteiger partial charge in [0, 0.05) is 19.1 Å². The highest BCUT2D eigenvalue weighted by atomic mass is 16.2. The lowest BCUT2D eigenvalue weighted by molar-refractivity contribution is -0.129. The molecule has 2 aliphatic rings. The monoisotopic (exact) mass is 291 g/mol. The van der Waals surface area contributed by atoms with E-state index in [1.807, 2.05) is 0 Å². The molecule has 21 heavy (non-hydrogen) atoms. The van der Waals surface area contributed by atoms with Gasteiger partial charge in [0.05, 0.1) is 6.07 Å². The summed E-state index contributed by atoms with van der Waals surface area (Å²) < 4.78 is 0. The molecule has 1 atom stereocenters. The van der Waals surface area contributed by atoms with Crippen LogP contribution in [-0.4, -0.2) is 36.5 Å². The van der Waals surface area contributed by atoms with Gasteiger partial charge in [-0.1, -0.05) is 25.7 Å². The molecular formula is C17H29N3O. The number of nitrogens with one attached hydrogen (secondary N) is 1. The van der Waals surface area contributed by atoms with Crippen LogP contribution in [0.3, 0.4) is 0 Å². The van der Waals surface area contributed by atoms with Crippen LogP contribution in [0.5, 0.6) is 0 Å². The molecule has 0 spiro atoms. The molecule has 2 rings (SSSR count). The Balaban J connectivity index is 1.85. The lowest BCUT2D eigenvalue weighted by atomic mass is 9.81. The number of hydrogen-bond acceptors (Lipinski definition) is 3. The van der Waals surface area contributed by atoms with E-state index in [9.17, 15) is 10.1 Å². The zero-order valence-corrected chi connectivity index (χ0v) is 13.5. The van der Waals surface area contributed by atoms with Crippen molar-refractivity contribution >= 4 is 5.91 Å². The average molecular weight is 291 g/mol. The molecule has 0 aromatic heterocycles. The summed E-state index contributed by atoms with van der Waals surface area (Å²) in [6.07, 6.45) is 6.94. The summed E-state index contributed by atoms with van der Waals surface area (Å²) in [5.74, 6) is 0.521. The zero-order valence-electron chi connectivity index (χ0n) is 13.5. The van der Waals surface area contributed by atoms with E-state index in [4.69, 9.17) is 0 Å². The summed E-state index contributed by atoms with van der Waals surface area (Å²) in [6, 6.07) is 2.92. The Morgan fingerprint density at radius 2 is 2.00 bits per heavy atom. The van der Waals surface area contributed by atoms with Crippen LogP contribution in [0, 0.1) is 22.7 Å². The van der Waals surface area contributed by atoms with Crippen molar-refractivity contribution in [2.75, 3.05) is 19.6 Å². The minimum atomic E-state index is -0.757. The fourth-order valence-electron chi connectivity index (χ4n) is 3.63. The molecule has 1 saturated carbocycles. The number of hydrogen-bond donors (Lipinski definition) is 1. The van der Waals surface area contributed by atoms with Crippen LogP contribution in [0.15, 0.2) is 0 Å². The van der Waals surface area contributed by atoms with Gasteiger partial charge in [-0.2, -0.15) is 5.26 Å². The molecule has 1 aliphatic heterocycles. The van der Waals surface area contributed by atoms with Gasteiger partial charge in [-0.15, -0.1) is 0 Å². The first kappa shape index (κ1) is 16.3. The van der Waals surface area contributed by atoms with Crippen LogP contribution in [-0.2, 0) is 4.79 Å². The zero-order chi connectivity index (χ0) is 15.3. The Labute approximate surface area is 128 Å². The SMILES string of the molecule is CC(C)N1CCC(CNC(=O)C2(C#N)CCCCCC2)C1. The van der Waals surface area contributed by atoms with E-state index < -0.39 is 5.41 Å². The molecule has 0 aromatic rings. The Hall–Kier alpha value is -1.08. The molecule has 1 heterocycles. The molecule has 4 nitrogen and oxygen atoms in total. The Kier molecular flexibility index (Phi) is 5.64. The highest BCUT2D eigenvalue weighted by Gasteiger charge is 2.39. The number of amides is 1. The third-order valence-electron chi connectivity index (χ3n) is 5.20. The van der Waals surface area contributed by atoms with E-state index >= 15 is 0 Å². The second-order valence-electron chi connectivity index (χ2n) is 7.06. The number of carbonyl (C=O) groups is 1. The summed E-state index contributed by atoms with van der Waals surface area (Å²) in [5, 5.41) is 12.6. The predicted octanol–water partition coefficient (Wildman–Crippen LogP) is 2.70. The predicted molar refractivity (Wildman–Crippen MR) is 83.6 cm³/mol. The first-order valence-corrected chi connectivity index (χ1v) is 8.51. The summed E-state index contributed by atoms with van der Waals surface area (Å²) in [6.45, 7) is 7.36. The molecule has 118 valence electrons. The number of rotatable bonds is 4. The lowest BCUT2D eigenvalue weighted by Gasteiger charge is -2.25. The molecule has 1 saturated heterocycles. The summed E-state index contributed by atoms with van der Waals surface area (Å²) >= 11 is 0. The van der Waals surface area contributed by atoms with Gasteiger partial charge in [0.2, 0.25) is 5.91 Å². The number of likely N-dealkylation sites (tertiary alicyclic amines) is 1. The molecule has 0 bridgehead atoms. The lowest BCUT2D eigenvalue weighted by Crippen LogP contribution is -2.42. The first-order valence-electron chi connectivity index (χ1n) is 8.51. The van der Waals surface area contributed by atoms with Crippen molar-refractivity contribution in [2.45, 2.75) is 64.8 Å². The molecule has 1 unspecified atom stereocenters. The third-order valence-corrected chi connectivity index (χ3v) is 5.20. The summed E-state index contributed by atoms with van der Waals surface area (Å²) in [4.78, 5) is 15.0. The average Bonchev–Trinajstić information content (AvgIpc) is 2.82. The molecular weight excluding hydrogens is 262 g/mol. The summed E-state index contributed by atoms with van der Waals surface area (Å²) in [5.41, 5.74) is -0.757. The van der Waals surface area contributed by atoms with Crippen LogP contribution >= 0.6 is 0 Å². The van der Waals surface area contributed by atoms with E-state index in [0.717, 1.165) is 64.6 Å². The van der Waals surface area contributed by atoms with E-state index in [1.165, 1.54) is 0 Å². The quantitative estimate of drug-likeness (QED) is 0.810. The number of carbonyl (C=O) groups excluding carboxylic acids is 1. The topological polar surface area (TPSA) is 56.1 Å². The molecule has 1 aliphatic carbocycles.